The fourth-order valence-corrected chi connectivity index (χ4v) is 4.05. The summed E-state index contributed by atoms with van der Waals surface area (Å²) in [6, 6.07) is 10.5. The average Bonchev–Trinajstić information content (AvgIpc) is 3.27. The highest BCUT2D eigenvalue weighted by Crippen LogP contribution is 2.40. The second kappa shape index (κ2) is 7.87. The van der Waals surface area contributed by atoms with E-state index in [0.29, 0.717) is 55.0 Å². The average molecular weight is 434 g/mol. The van der Waals surface area contributed by atoms with Gasteiger partial charge in [0, 0.05) is 23.4 Å². The highest BCUT2D eigenvalue weighted by atomic mass is 35.5. The molecule has 0 amide bonds. The highest BCUT2D eigenvalue weighted by Gasteiger charge is 2.24. The van der Waals surface area contributed by atoms with Crippen molar-refractivity contribution in [3.63, 3.8) is 0 Å². The molecule has 0 unspecified atom stereocenters. The van der Waals surface area contributed by atoms with Crippen LogP contribution < -0.4 is 4.73 Å². The van der Waals surface area contributed by atoms with Gasteiger partial charge in [-0.15, -0.1) is 0 Å². The van der Waals surface area contributed by atoms with Crippen LogP contribution in [0.5, 0.6) is 0 Å². The Kier molecular flexibility index (Phi) is 5.30. The van der Waals surface area contributed by atoms with Crippen LogP contribution in [0.4, 0.5) is 0 Å². The van der Waals surface area contributed by atoms with Crippen LogP contribution in [0.1, 0.15) is 11.5 Å². The molecule has 3 heterocycles. The molecule has 0 saturated heterocycles. The van der Waals surface area contributed by atoms with E-state index in [4.69, 9.17) is 32.1 Å². The Morgan fingerprint density at radius 2 is 1.89 bits per heavy atom. The molecule has 0 atom stereocenters. The molecule has 4 rings (SSSR count). The number of pyridine rings is 1. The third-order valence-electron chi connectivity index (χ3n) is 3.98. The predicted molar refractivity (Wildman–Crippen MR) is 107 cm³/mol. The van der Waals surface area contributed by atoms with Crippen molar-refractivity contribution in [3.05, 3.63) is 75.6 Å². The van der Waals surface area contributed by atoms with Gasteiger partial charge in [0.15, 0.2) is 6.20 Å². The first-order valence-corrected chi connectivity index (χ1v) is 9.95. The standard InChI is InChI=1S/C19H13Cl2N3O3S/c1-11-16(18(23-27-11)17-13(20)5-4-6-14(17)21)19-22-12(9-26-19)10-28-15-7-2-3-8-24(15)25/h2-9H,10H2,1H3. The van der Waals surface area contributed by atoms with Gasteiger partial charge in [-0.1, -0.05) is 34.4 Å². The van der Waals surface area contributed by atoms with Gasteiger partial charge in [-0.25, -0.2) is 4.98 Å². The molecular weight excluding hydrogens is 421 g/mol. The van der Waals surface area contributed by atoms with E-state index < -0.39 is 0 Å². The summed E-state index contributed by atoms with van der Waals surface area (Å²) in [7, 11) is 0. The molecule has 0 aliphatic carbocycles. The van der Waals surface area contributed by atoms with Gasteiger partial charge in [-0.05, 0) is 36.9 Å². The molecule has 0 spiro atoms. The second-order valence-electron chi connectivity index (χ2n) is 5.86. The quantitative estimate of drug-likeness (QED) is 0.233. The molecule has 0 aliphatic rings. The Hall–Kier alpha value is -2.48. The summed E-state index contributed by atoms with van der Waals surface area (Å²) in [4.78, 5) is 4.52. The molecule has 6 nitrogen and oxygen atoms in total. The van der Waals surface area contributed by atoms with Crippen LogP contribution in [0.2, 0.25) is 10.0 Å². The minimum absolute atomic E-state index is 0.350. The van der Waals surface area contributed by atoms with Gasteiger partial charge in [-0.2, -0.15) is 4.73 Å². The third-order valence-corrected chi connectivity index (χ3v) is 5.67. The number of hydrogen-bond acceptors (Lipinski definition) is 6. The zero-order valence-electron chi connectivity index (χ0n) is 14.6. The molecule has 28 heavy (non-hydrogen) atoms. The lowest BCUT2D eigenvalue weighted by Gasteiger charge is -2.04. The third kappa shape index (κ3) is 3.61. The Morgan fingerprint density at radius 1 is 1.11 bits per heavy atom. The van der Waals surface area contributed by atoms with E-state index in [-0.39, 0.29) is 0 Å². The molecule has 1 aromatic carbocycles. The number of oxazole rings is 1. The lowest BCUT2D eigenvalue weighted by atomic mass is 10.1. The number of nitrogens with zero attached hydrogens (tertiary/aromatic N) is 3. The smallest absolute Gasteiger partial charge is 0.251 e. The lowest BCUT2D eigenvalue weighted by Crippen LogP contribution is -2.27. The van der Waals surface area contributed by atoms with Crippen molar-refractivity contribution < 1.29 is 13.7 Å². The Morgan fingerprint density at radius 3 is 2.64 bits per heavy atom. The Bertz CT molecular complexity index is 1120. The number of benzene rings is 1. The second-order valence-corrected chi connectivity index (χ2v) is 7.67. The molecular formula is C19H13Cl2N3O3S. The number of aromatic nitrogens is 3. The molecule has 0 aliphatic heterocycles. The van der Waals surface area contributed by atoms with Gasteiger partial charge in [0.05, 0.1) is 15.7 Å². The van der Waals surface area contributed by atoms with Gasteiger partial charge < -0.3 is 14.1 Å². The molecule has 9 heteroatoms. The van der Waals surface area contributed by atoms with Crippen molar-refractivity contribution in [2.45, 2.75) is 17.7 Å². The monoisotopic (exact) mass is 433 g/mol. The minimum atomic E-state index is 0.350. The summed E-state index contributed by atoms with van der Waals surface area (Å²) >= 11 is 14.0. The first-order valence-electron chi connectivity index (χ1n) is 8.21. The zero-order valence-corrected chi connectivity index (χ0v) is 16.9. The van der Waals surface area contributed by atoms with Crippen LogP contribution in [0.25, 0.3) is 22.7 Å². The van der Waals surface area contributed by atoms with E-state index in [0.717, 1.165) is 4.73 Å². The van der Waals surface area contributed by atoms with Crippen LogP contribution in [-0.4, -0.2) is 10.1 Å². The van der Waals surface area contributed by atoms with Gasteiger partial charge in [-0.3, -0.25) is 0 Å². The maximum Gasteiger partial charge on any atom is 0.251 e. The van der Waals surface area contributed by atoms with Crippen LogP contribution in [0.3, 0.4) is 0 Å². The van der Waals surface area contributed by atoms with E-state index in [1.807, 2.05) is 6.07 Å². The normalized spacial score (nSPS) is 11.1. The van der Waals surface area contributed by atoms with E-state index in [2.05, 4.69) is 10.1 Å². The maximum absolute atomic E-state index is 11.7. The van der Waals surface area contributed by atoms with Crippen molar-refractivity contribution in [3.8, 4) is 22.7 Å². The molecule has 0 fully saturated rings. The van der Waals surface area contributed by atoms with Crippen LogP contribution in [-0.2, 0) is 5.75 Å². The highest BCUT2D eigenvalue weighted by molar-refractivity contribution is 7.98. The largest absolute Gasteiger partial charge is 0.618 e. The van der Waals surface area contributed by atoms with Crippen molar-refractivity contribution in [1.82, 2.24) is 10.1 Å². The summed E-state index contributed by atoms with van der Waals surface area (Å²) in [5.41, 5.74) is 2.30. The van der Waals surface area contributed by atoms with Gasteiger partial charge in [0.25, 0.3) is 5.03 Å². The summed E-state index contributed by atoms with van der Waals surface area (Å²) in [6.07, 6.45) is 3.00. The van der Waals surface area contributed by atoms with Crippen molar-refractivity contribution in [2.24, 2.45) is 0 Å². The molecule has 0 radical (unpaired) electrons. The van der Waals surface area contributed by atoms with Gasteiger partial charge in [0.1, 0.15) is 23.3 Å². The topological polar surface area (TPSA) is 79.0 Å². The minimum Gasteiger partial charge on any atom is -0.618 e. The number of hydrogen-bond donors (Lipinski definition) is 0. The van der Waals surface area contributed by atoms with E-state index in [1.165, 1.54) is 18.0 Å². The fourth-order valence-electron chi connectivity index (χ4n) is 2.68. The Labute approximate surface area is 174 Å². The van der Waals surface area contributed by atoms with Gasteiger partial charge in [0.2, 0.25) is 5.89 Å². The maximum atomic E-state index is 11.7. The van der Waals surface area contributed by atoms with Gasteiger partial charge >= 0.3 is 0 Å². The fraction of sp³-hybridized carbons (Fsp3) is 0.105. The van der Waals surface area contributed by atoms with Crippen LogP contribution in [0, 0.1) is 12.1 Å². The lowest BCUT2D eigenvalue weighted by molar-refractivity contribution is -0.645. The number of thioether (sulfide) groups is 1. The first kappa shape index (κ1) is 18.9. The Balaban J connectivity index is 1.65. The van der Waals surface area contributed by atoms with E-state index >= 15 is 0 Å². The van der Waals surface area contributed by atoms with Crippen LogP contribution in [0.15, 0.2) is 62.8 Å². The van der Waals surface area contributed by atoms with Crippen molar-refractivity contribution in [2.75, 3.05) is 0 Å². The zero-order chi connectivity index (χ0) is 19.7. The number of aryl methyl sites for hydroxylation is 1. The molecule has 0 bridgehead atoms. The molecule has 3 aromatic heterocycles. The van der Waals surface area contributed by atoms with E-state index in [1.54, 1.807) is 43.5 Å². The first-order chi connectivity index (χ1) is 13.5. The summed E-state index contributed by atoms with van der Waals surface area (Å²) in [5.74, 6) is 1.36. The SMILES string of the molecule is Cc1onc(-c2c(Cl)cccc2Cl)c1-c1nc(CSc2cccc[n+]2[O-])co1. The number of halogens is 2. The summed E-state index contributed by atoms with van der Waals surface area (Å²) < 4.78 is 11.8. The summed E-state index contributed by atoms with van der Waals surface area (Å²) in [6.45, 7) is 1.76. The van der Waals surface area contributed by atoms with Crippen molar-refractivity contribution >= 4 is 35.0 Å². The molecule has 4 aromatic rings. The number of rotatable bonds is 5. The summed E-state index contributed by atoms with van der Waals surface area (Å²) in [5, 5.41) is 17.3. The molecule has 0 N–H and O–H groups in total. The van der Waals surface area contributed by atoms with E-state index in [9.17, 15) is 5.21 Å². The predicted octanol–water partition coefficient (Wildman–Crippen LogP) is 5.54. The molecule has 0 saturated carbocycles. The van der Waals surface area contributed by atoms with Crippen LogP contribution >= 0.6 is 35.0 Å². The molecule has 142 valence electrons. The van der Waals surface area contributed by atoms with Crippen molar-refractivity contribution in [1.29, 1.82) is 0 Å².